The van der Waals surface area contributed by atoms with Crippen LogP contribution in [0.3, 0.4) is 0 Å². The summed E-state index contributed by atoms with van der Waals surface area (Å²) in [5, 5.41) is 3.14. The molecule has 3 heteroatoms. The molecule has 96 valence electrons. The largest absolute Gasteiger partial charge is 0.353 e. The van der Waals surface area contributed by atoms with Gasteiger partial charge in [0.25, 0.3) is 0 Å². The summed E-state index contributed by atoms with van der Waals surface area (Å²) >= 11 is 0. The second kappa shape index (κ2) is 7.28. The van der Waals surface area contributed by atoms with Gasteiger partial charge in [-0.25, -0.2) is 0 Å². The minimum atomic E-state index is -0.0241. The van der Waals surface area contributed by atoms with Crippen molar-refractivity contribution in [1.29, 1.82) is 0 Å². The molecule has 1 saturated carbocycles. The molecule has 1 amide bonds. The van der Waals surface area contributed by atoms with Gasteiger partial charge < -0.3 is 11.1 Å². The quantitative estimate of drug-likeness (QED) is 0.664. The van der Waals surface area contributed by atoms with Gasteiger partial charge in [-0.3, -0.25) is 4.79 Å². The van der Waals surface area contributed by atoms with Gasteiger partial charge in [0.2, 0.25) is 5.91 Å². The maximum absolute atomic E-state index is 12.1. The molecule has 0 aliphatic heterocycles. The van der Waals surface area contributed by atoms with E-state index < -0.39 is 0 Å². The minimum absolute atomic E-state index is 0.0241. The van der Waals surface area contributed by atoms with Gasteiger partial charge in [0.1, 0.15) is 0 Å². The highest BCUT2D eigenvalue weighted by Crippen LogP contribution is 2.25. The summed E-state index contributed by atoms with van der Waals surface area (Å²) in [6.07, 6.45) is 8.36. The van der Waals surface area contributed by atoms with E-state index >= 15 is 0 Å². The summed E-state index contributed by atoms with van der Waals surface area (Å²) in [5.74, 6) is 0.547. The molecule has 0 spiro atoms. The third-order valence-corrected chi connectivity index (χ3v) is 3.56. The lowest BCUT2D eigenvalue weighted by Gasteiger charge is -2.22. The number of nitrogens with one attached hydrogen (secondary N) is 1. The first kappa shape index (κ1) is 14.0. The Kier molecular flexibility index (Phi) is 5.98. The van der Waals surface area contributed by atoms with E-state index in [4.69, 9.17) is 5.73 Å². The van der Waals surface area contributed by atoms with Gasteiger partial charge in [-0.2, -0.15) is 0 Å². The van der Waals surface area contributed by atoms with E-state index in [0.717, 1.165) is 12.8 Å². The van der Waals surface area contributed by atoms with Gasteiger partial charge in [0.15, 0.2) is 0 Å². The van der Waals surface area contributed by atoms with Crippen molar-refractivity contribution < 1.29 is 4.79 Å². The molecule has 1 fully saturated rings. The first-order chi connectivity index (χ1) is 8.22. The monoisotopic (exact) mass is 236 g/mol. The number of allylic oxidation sites excluding steroid dienone is 2. The van der Waals surface area contributed by atoms with Crippen LogP contribution in [0.15, 0.2) is 25.3 Å². The summed E-state index contributed by atoms with van der Waals surface area (Å²) in [5.41, 5.74) is 5.71. The van der Waals surface area contributed by atoms with Crippen molar-refractivity contribution in [1.82, 2.24) is 5.32 Å². The van der Waals surface area contributed by atoms with Gasteiger partial charge >= 0.3 is 0 Å². The molecular weight excluding hydrogens is 212 g/mol. The molecule has 0 aromatic rings. The van der Waals surface area contributed by atoms with Crippen LogP contribution in [0.1, 0.15) is 32.1 Å². The molecule has 0 aromatic carbocycles. The normalized spacial score (nSPS) is 23.6. The number of amides is 1. The standard InChI is InChI=1S/C14H24N2O/c1-3-6-11(7-4-2)14(17)16-13-9-5-8-12(13)10-15/h3-4,11-13H,1-2,5-10,15H2,(H,16,17). The fourth-order valence-electron chi connectivity index (χ4n) is 2.52. The first-order valence-corrected chi connectivity index (χ1v) is 6.45. The summed E-state index contributed by atoms with van der Waals surface area (Å²) in [6, 6.07) is 0.268. The van der Waals surface area contributed by atoms with Gasteiger partial charge in [-0.05, 0) is 38.1 Å². The molecule has 1 rings (SSSR count). The van der Waals surface area contributed by atoms with Crippen molar-refractivity contribution in [2.45, 2.75) is 38.1 Å². The lowest BCUT2D eigenvalue weighted by atomic mass is 9.98. The van der Waals surface area contributed by atoms with Crippen LogP contribution in [0.25, 0.3) is 0 Å². The minimum Gasteiger partial charge on any atom is -0.353 e. The van der Waals surface area contributed by atoms with Gasteiger partial charge in [0.05, 0.1) is 0 Å². The van der Waals surface area contributed by atoms with Crippen LogP contribution in [0, 0.1) is 11.8 Å². The number of hydrogen-bond donors (Lipinski definition) is 2. The summed E-state index contributed by atoms with van der Waals surface area (Å²) in [4.78, 5) is 12.1. The van der Waals surface area contributed by atoms with Crippen LogP contribution in [-0.4, -0.2) is 18.5 Å². The van der Waals surface area contributed by atoms with Crippen LogP contribution in [0.5, 0.6) is 0 Å². The first-order valence-electron chi connectivity index (χ1n) is 6.45. The highest BCUT2D eigenvalue weighted by Gasteiger charge is 2.28. The van der Waals surface area contributed by atoms with Crippen molar-refractivity contribution in [2.24, 2.45) is 17.6 Å². The Morgan fingerprint density at radius 2 is 2.00 bits per heavy atom. The van der Waals surface area contributed by atoms with Crippen molar-refractivity contribution >= 4 is 5.91 Å². The lowest BCUT2D eigenvalue weighted by molar-refractivity contribution is -0.125. The van der Waals surface area contributed by atoms with E-state index in [1.807, 2.05) is 0 Å². The van der Waals surface area contributed by atoms with E-state index in [1.54, 1.807) is 12.2 Å². The Hall–Kier alpha value is -1.09. The Bertz CT molecular complexity index is 265. The SMILES string of the molecule is C=CCC(CC=C)C(=O)NC1CCCC1CN. The average molecular weight is 236 g/mol. The number of rotatable bonds is 7. The molecule has 0 radical (unpaired) electrons. The molecule has 0 heterocycles. The molecule has 1 aliphatic carbocycles. The molecule has 2 atom stereocenters. The molecule has 0 bridgehead atoms. The third-order valence-electron chi connectivity index (χ3n) is 3.56. The number of carbonyl (C=O) groups excluding carboxylic acids is 1. The Balaban J connectivity index is 2.50. The fourth-order valence-corrected chi connectivity index (χ4v) is 2.52. The van der Waals surface area contributed by atoms with Crippen LogP contribution in [0.4, 0.5) is 0 Å². The van der Waals surface area contributed by atoms with Gasteiger partial charge in [-0.15, -0.1) is 13.2 Å². The zero-order chi connectivity index (χ0) is 12.7. The molecule has 2 unspecified atom stereocenters. The molecule has 17 heavy (non-hydrogen) atoms. The summed E-state index contributed by atoms with van der Waals surface area (Å²) < 4.78 is 0. The number of hydrogen-bond acceptors (Lipinski definition) is 2. The predicted octanol–water partition coefficient (Wildman–Crippen LogP) is 2.00. The van der Waals surface area contributed by atoms with Crippen molar-refractivity contribution in [2.75, 3.05) is 6.54 Å². The maximum atomic E-state index is 12.1. The smallest absolute Gasteiger partial charge is 0.223 e. The topological polar surface area (TPSA) is 55.1 Å². The van der Waals surface area contributed by atoms with Crippen molar-refractivity contribution in [3.05, 3.63) is 25.3 Å². The van der Waals surface area contributed by atoms with Crippen LogP contribution >= 0.6 is 0 Å². The van der Waals surface area contributed by atoms with E-state index in [0.29, 0.717) is 25.3 Å². The highest BCUT2D eigenvalue weighted by molar-refractivity contribution is 5.79. The molecular formula is C14H24N2O. The van der Waals surface area contributed by atoms with Gasteiger partial charge in [0, 0.05) is 12.0 Å². The average Bonchev–Trinajstić information content (AvgIpc) is 2.76. The Labute approximate surface area is 104 Å². The summed E-state index contributed by atoms with van der Waals surface area (Å²) in [6.45, 7) is 8.05. The molecule has 0 saturated heterocycles. The van der Waals surface area contributed by atoms with E-state index in [-0.39, 0.29) is 17.9 Å². The Morgan fingerprint density at radius 1 is 1.35 bits per heavy atom. The van der Waals surface area contributed by atoms with Crippen LogP contribution in [-0.2, 0) is 4.79 Å². The predicted molar refractivity (Wildman–Crippen MR) is 71.4 cm³/mol. The lowest BCUT2D eigenvalue weighted by Crippen LogP contribution is -2.42. The second-order valence-corrected chi connectivity index (χ2v) is 4.79. The van der Waals surface area contributed by atoms with Crippen LogP contribution < -0.4 is 11.1 Å². The zero-order valence-corrected chi connectivity index (χ0v) is 10.5. The van der Waals surface area contributed by atoms with Crippen molar-refractivity contribution in [3.63, 3.8) is 0 Å². The fraction of sp³-hybridized carbons (Fsp3) is 0.643. The third kappa shape index (κ3) is 4.00. The second-order valence-electron chi connectivity index (χ2n) is 4.79. The number of nitrogens with two attached hydrogens (primary N) is 1. The van der Waals surface area contributed by atoms with Gasteiger partial charge in [-0.1, -0.05) is 18.6 Å². The zero-order valence-electron chi connectivity index (χ0n) is 10.5. The molecule has 3 N–H and O–H groups in total. The maximum Gasteiger partial charge on any atom is 0.223 e. The Morgan fingerprint density at radius 3 is 2.53 bits per heavy atom. The summed E-state index contributed by atoms with van der Waals surface area (Å²) in [7, 11) is 0. The number of carbonyl (C=O) groups is 1. The highest BCUT2D eigenvalue weighted by atomic mass is 16.1. The van der Waals surface area contributed by atoms with Crippen molar-refractivity contribution in [3.8, 4) is 0 Å². The van der Waals surface area contributed by atoms with Crippen LogP contribution in [0.2, 0.25) is 0 Å². The van der Waals surface area contributed by atoms with E-state index in [2.05, 4.69) is 18.5 Å². The van der Waals surface area contributed by atoms with E-state index in [1.165, 1.54) is 6.42 Å². The molecule has 3 nitrogen and oxygen atoms in total. The van der Waals surface area contributed by atoms with E-state index in [9.17, 15) is 4.79 Å². The molecule has 0 aromatic heterocycles. The molecule has 1 aliphatic rings.